The van der Waals surface area contributed by atoms with Gasteiger partial charge in [-0.25, -0.2) is 0 Å². The van der Waals surface area contributed by atoms with Crippen molar-refractivity contribution < 1.29 is 24.2 Å². The Morgan fingerprint density at radius 2 is 1.73 bits per heavy atom. The molecule has 0 aromatic heterocycles. The van der Waals surface area contributed by atoms with Crippen LogP contribution in [0.2, 0.25) is 0 Å². The Bertz CT molecular complexity index is 276. The molecule has 2 rings (SSSR count). The average molecular weight is 214 g/mol. The van der Waals surface area contributed by atoms with Gasteiger partial charge in [-0.3, -0.25) is 9.59 Å². The van der Waals surface area contributed by atoms with Gasteiger partial charge in [0.15, 0.2) is 11.2 Å². The van der Waals surface area contributed by atoms with E-state index in [-0.39, 0.29) is 24.9 Å². The van der Waals surface area contributed by atoms with E-state index in [4.69, 9.17) is 14.6 Å². The number of hydrogen-bond donors (Lipinski definition) is 1. The Labute approximate surface area is 87.4 Å². The number of carbonyl (C=O) groups is 2. The van der Waals surface area contributed by atoms with Gasteiger partial charge >= 0.3 is 5.97 Å². The minimum atomic E-state index is -1.26. The number of ketones is 1. The van der Waals surface area contributed by atoms with Crippen LogP contribution in [0.5, 0.6) is 0 Å². The fourth-order valence-electron chi connectivity index (χ4n) is 2.03. The number of ether oxygens (including phenoxy) is 2. The predicted octanol–water partition coefficient (Wildman–Crippen LogP) is 0.0833. The van der Waals surface area contributed by atoms with Gasteiger partial charge in [-0.15, -0.1) is 0 Å². The molecule has 0 aliphatic carbocycles. The first-order chi connectivity index (χ1) is 7.17. The van der Waals surface area contributed by atoms with E-state index in [9.17, 15) is 9.59 Å². The van der Waals surface area contributed by atoms with E-state index in [2.05, 4.69) is 0 Å². The summed E-state index contributed by atoms with van der Waals surface area (Å²) in [5, 5.41) is 9.05. The molecule has 0 saturated carbocycles. The highest BCUT2D eigenvalue weighted by molar-refractivity contribution is 6.05. The van der Waals surface area contributed by atoms with Crippen LogP contribution in [0.15, 0.2) is 0 Å². The van der Waals surface area contributed by atoms with Gasteiger partial charge in [0.1, 0.15) is 0 Å². The van der Waals surface area contributed by atoms with Crippen LogP contribution in [0, 0.1) is 11.3 Å². The van der Waals surface area contributed by atoms with E-state index in [0.29, 0.717) is 26.1 Å². The second-order valence-corrected chi connectivity index (χ2v) is 4.13. The highest BCUT2D eigenvalue weighted by Gasteiger charge is 2.54. The third-order valence-electron chi connectivity index (χ3n) is 3.17. The molecule has 84 valence electrons. The highest BCUT2D eigenvalue weighted by atomic mass is 16.5. The Morgan fingerprint density at radius 1 is 1.13 bits per heavy atom. The maximum absolute atomic E-state index is 12.0. The zero-order chi connectivity index (χ0) is 10.9. The van der Waals surface area contributed by atoms with Gasteiger partial charge in [0.05, 0.1) is 13.2 Å². The molecule has 5 nitrogen and oxygen atoms in total. The summed E-state index contributed by atoms with van der Waals surface area (Å²) in [6.45, 7) is 1.15. The summed E-state index contributed by atoms with van der Waals surface area (Å²) in [5.74, 6) is -1.39. The van der Waals surface area contributed by atoms with Gasteiger partial charge in [0, 0.05) is 19.1 Å². The largest absolute Gasteiger partial charge is 0.480 e. The van der Waals surface area contributed by atoms with Crippen molar-refractivity contribution >= 4 is 11.8 Å². The van der Waals surface area contributed by atoms with E-state index >= 15 is 0 Å². The summed E-state index contributed by atoms with van der Waals surface area (Å²) in [5.41, 5.74) is -1.26. The van der Waals surface area contributed by atoms with E-state index in [0.717, 1.165) is 0 Å². The first-order valence-electron chi connectivity index (χ1n) is 5.10. The first-order valence-corrected chi connectivity index (χ1v) is 5.10. The molecule has 0 radical (unpaired) electrons. The summed E-state index contributed by atoms with van der Waals surface area (Å²) < 4.78 is 10.0. The van der Waals surface area contributed by atoms with Gasteiger partial charge in [-0.05, 0) is 12.8 Å². The molecule has 15 heavy (non-hydrogen) atoms. The van der Waals surface area contributed by atoms with E-state index in [1.807, 2.05) is 0 Å². The van der Waals surface area contributed by atoms with Crippen LogP contribution in [0.25, 0.3) is 0 Å². The number of rotatable bonds is 3. The average Bonchev–Trinajstić information content (AvgIpc) is 2.16. The number of carboxylic acids is 1. The second-order valence-electron chi connectivity index (χ2n) is 4.13. The fourth-order valence-corrected chi connectivity index (χ4v) is 2.03. The highest BCUT2D eigenvalue weighted by Crippen LogP contribution is 2.34. The van der Waals surface area contributed by atoms with Crippen molar-refractivity contribution in [1.82, 2.24) is 0 Å². The summed E-state index contributed by atoms with van der Waals surface area (Å²) in [6, 6.07) is 0. The van der Waals surface area contributed by atoms with Gasteiger partial charge in [0.25, 0.3) is 0 Å². The molecule has 0 aromatic rings. The molecule has 0 aromatic carbocycles. The van der Waals surface area contributed by atoms with Crippen LogP contribution >= 0.6 is 0 Å². The van der Waals surface area contributed by atoms with E-state index in [1.165, 1.54) is 0 Å². The van der Waals surface area contributed by atoms with Crippen molar-refractivity contribution in [2.45, 2.75) is 12.8 Å². The van der Waals surface area contributed by atoms with Crippen molar-refractivity contribution in [2.24, 2.45) is 11.3 Å². The molecule has 1 N–H and O–H groups in total. The molecule has 2 fully saturated rings. The molecule has 2 aliphatic heterocycles. The van der Waals surface area contributed by atoms with Crippen molar-refractivity contribution in [3.63, 3.8) is 0 Å². The van der Waals surface area contributed by atoms with E-state index in [1.54, 1.807) is 0 Å². The molecule has 0 spiro atoms. The van der Waals surface area contributed by atoms with Crippen LogP contribution < -0.4 is 0 Å². The lowest BCUT2D eigenvalue weighted by Gasteiger charge is -2.38. The molecule has 2 saturated heterocycles. The summed E-state index contributed by atoms with van der Waals surface area (Å²) >= 11 is 0. The third kappa shape index (κ3) is 1.66. The van der Waals surface area contributed by atoms with Gasteiger partial charge in [0.2, 0.25) is 0 Å². The molecule has 5 heteroatoms. The quantitative estimate of drug-likeness (QED) is 0.674. The topological polar surface area (TPSA) is 72.8 Å². The standard InChI is InChI=1S/C10H14O5/c11-8(7-1-3-14-4-2-7)10(9(12)13)5-15-6-10/h7H,1-6H2,(H,12,13). The molecule has 0 unspecified atom stereocenters. The molecular formula is C10H14O5. The third-order valence-corrected chi connectivity index (χ3v) is 3.17. The maximum atomic E-state index is 12.0. The molecule has 2 heterocycles. The predicted molar refractivity (Wildman–Crippen MR) is 49.4 cm³/mol. The van der Waals surface area contributed by atoms with Crippen molar-refractivity contribution in [1.29, 1.82) is 0 Å². The molecule has 2 aliphatic rings. The lowest BCUT2D eigenvalue weighted by molar-refractivity contribution is -0.187. The Morgan fingerprint density at radius 3 is 2.13 bits per heavy atom. The first kappa shape index (κ1) is 10.6. The normalized spacial score (nSPS) is 25.6. The number of carbonyl (C=O) groups excluding carboxylic acids is 1. The number of carboxylic acid groups (broad SMARTS) is 1. The van der Waals surface area contributed by atoms with Gasteiger partial charge in [-0.2, -0.15) is 0 Å². The minimum Gasteiger partial charge on any atom is -0.480 e. The van der Waals surface area contributed by atoms with Gasteiger partial charge < -0.3 is 14.6 Å². The molecular weight excluding hydrogens is 200 g/mol. The Kier molecular flexibility index (Phi) is 2.75. The van der Waals surface area contributed by atoms with Crippen molar-refractivity contribution in [3.8, 4) is 0 Å². The summed E-state index contributed by atoms with van der Waals surface area (Å²) in [4.78, 5) is 23.1. The van der Waals surface area contributed by atoms with Gasteiger partial charge in [-0.1, -0.05) is 0 Å². The minimum absolute atomic E-state index is 0.0263. The lowest BCUT2D eigenvalue weighted by atomic mass is 9.74. The number of aliphatic carboxylic acids is 1. The van der Waals surface area contributed by atoms with E-state index < -0.39 is 11.4 Å². The summed E-state index contributed by atoms with van der Waals surface area (Å²) in [6.07, 6.45) is 1.27. The van der Waals surface area contributed by atoms with Crippen LogP contribution in [-0.4, -0.2) is 43.3 Å². The van der Waals surface area contributed by atoms with Crippen LogP contribution in [0.3, 0.4) is 0 Å². The molecule has 0 atom stereocenters. The van der Waals surface area contributed by atoms with Crippen molar-refractivity contribution in [3.05, 3.63) is 0 Å². The maximum Gasteiger partial charge on any atom is 0.322 e. The fraction of sp³-hybridized carbons (Fsp3) is 0.800. The molecule has 0 bridgehead atoms. The number of hydrogen-bond acceptors (Lipinski definition) is 4. The zero-order valence-electron chi connectivity index (χ0n) is 8.40. The Balaban J connectivity index is 2.07. The zero-order valence-corrected chi connectivity index (χ0v) is 8.40. The SMILES string of the molecule is O=C(O)C1(C(=O)C2CCOCC2)COC1. The number of Topliss-reactive ketones (excluding diaryl/α,β-unsaturated/α-hetero) is 1. The van der Waals surface area contributed by atoms with Crippen LogP contribution in [0.4, 0.5) is 0 Å². The van der Waals surface area contributed by atoms with Crippen molar-refractivity contribution in [2.75, 3.05) is 26.4 Å². The van der Waals surface area contributed by atoms with Crippen LogP contribution in [-0.2, 0) is 19.1 Å². The smallest absolute Gasteiger partial charge is 0.322 e. The monoisotopic (exact) mass is 214 g/mol. The molecule has 0 amide bonds. The van der Waals surface area contributed by atoms with Crippen LogP contribution in [0.1, 0.15) is 12.8 Å². The Hall–Kier alpha value is -0.940. The lowest BCUT2D eigenvalue weighted by Crippen LogP contribution is -2.57. The second kappa shape index (κ2) is 3.90. The summed E-state index contributed by atoms with van der Waals surface area (Å²) in [7, 11) is 0.